The molecule has 4 aromatic rings. The van der Waals surface area contributed by atoms with E-state index in [1.807, 2.05) is 35.6 Å². The van der Waals surface area contributed by atoms with E-state index < -0.39 is 0 Å². The second-order valence-corrected chi connectivity index (χ2v) is 10.0. The number of hydrogen-bond acceptors (Lipinski definition) is 4. The molecule has 1 fully saturated rings. The van der Waals surface area contributed by atoms with Gasteiger partial charge < -0.3 is 4.74 Å². The van der Waals surface area contributed by atoms with Crippen LogP contribution < -0.4 is 4.74 Å². The molecule has 2 aromatic carbocycles. The standard InChI is InChI=1S/C28H30N2OS/c1-21-20-32-27(29-21)18-28(16-6-2-3-7-17-28)23-11-14-25(15-12-23)31-19-24-13-10-22-8-4-5-9-26(22)30-24/h4-5,8-15,20H,2-3,6-7,16-19H2,1H3. The van der Waals surface area contributed by atoms with Crippen LogP contribution in [0, 0.1) is 6.92 Å². The number of para-hydroxylation sites is 1. The average molecular weight is 443 g/mol. The number of benzene rings is 2. The normalized spacial score (nSPS) is 16.0. The van der Waals surface area contributed by atoms with Crippen molar-refractivity contribution in [2.75, 3.05) is 0 Å². The molecule has 0 N–H and O–H groups in total. The van der Waals surface area contributed by atoms with Gasteiger partial charge in [0.2, 0.25) is 0 Å². The number of ether oxygens (including phenoxy) is 1. The Balaban J connectivity index is 1.32. The molecule has 0 amide bonds. The molecule has 0 saturated heterocycles. The van der Waals surface area contributed by atoms with Gasteiger partial charge in [-0.15, -0.1) is 11.3 Å². The highest BCUT2D eigenvalue weighted by atomic mass is 32.1. The molecule has 2 heterocycles. The van der Waals surface area contributed by atoms with Crippen molar-refractivity contribution in [2.24, 2.45) is 0 Å². The molecule has 0 radical (unpaired) electrons. The van der Waals surface area contributed by atoms with E-state index in [1.165, 1.54) is 49.1 Å². The van der Waals surface area contributed by atoms with E-state index >= 15 is 0 Å². The van der Waals surface area contributed by atoms with Gasteiger partial charge in [-0.25, -0.2) is 9.97 Å². The van der Waals surface area contributed by atoms with Crippen molar-refractivity contribution in [1.82, 2.24) is 9.97 Å². The van der Waals surface area contributed by atoms with Crippen LogP contribution >= 0.6 is 11.3 Å². The van der Waals surface area contributed by atoms with Gasteiger partial charge in [0.25, 0.3) is 0 Å². The van der Waals surface area contributed by atoms with E-state index in [0.29, 0.717) is 6.61 Å². The predicted molar refractivity (Wildman–Crippen MR) is 132 cm³/mol. The van der Waals surface area contributed by atoms with Crippen LogP contribution in [0.25, 0.3) is 10.9 Å². The summed E-state index contributed by atoms with van der Waals surface area (Å²) in [6.07, 6.45) is 8.83. The molecule has 3 nitrogen and oxygen atoms in total. The third kappa shape index (κ3) is 4.71. The van der Waals surface area contributed by atoms with Gasteiger partial charge in [-0.05, 0) is 49.6 Å². The lowest BCUT2D eigenvalue weighted by molar-refractivity contribution is 0.301. The van der Waals surface area contributed by atoms with E-state index in [2.05, 4.69) is 48.7 Å². The topological polar surface area (TPSA) is 35.0 Å². The molecule has 1 saturated carbocycles. The first kappa shape index (κ1) is 21.1. The zero-order valence-electron chi connectivity index (χ0n) is 18.7. The number of pyridine rings is 1. The molecule has 0 bridgehead atoms. The zero-order chi connectivity index (χ0) is 21.8. The molecule has 32 heavy (non-hydrogen) atoms. The molecule has 2 aromatic heterocycles. The number of thiazole rings is 1. The highest BCUT2D eigenvalue weighted by molar-refractivity contribution is 7.09. The predicted octanol–water partition coefficient (Wildman–Crippen LogP) is 7.41. The fourth-order valence-electron chi connectivity index (χ4n) is 5.00. The number of aryl methyl sites for hydroxylation is 1. The number of rotatable bonds is 6. The minimum Gasteiger partial charge on any atom is -0.487 e. The molecule has 0 spiro atoms. The molecule has 0 atom stereocenters. The van der Waals surface area contributed by atoms with E-state index in [0.717, 1.165) is 34.5 Å². The van der Waals surface area contributed by atoms with Crippen LogP contribution in [0.15, 0.2) is 66.0 Å². The minimum absolute atomic E-state index is 0.194. The van der Waals surface area contributed by atoms with E-state index in [4.69, 9.17) is 14.7 Å². The Morgan fingerprint density at radius 1 is 0.875 bits per heavy atom. The number of nitrogens with zero attached hydrogens (tertiary/aromatic N) is 2. The molecule has 1 aliphatic rings. The Morgan fingerprint density at radius 2 is 1.66 bits per heavy atom. The van der Waals surface area contributed by atoms with Gasteiger partial charge in [0.15, 0.2) is 0 Å². The van der Waals surface area contributed by atoms with Gasteiger partial charge >= 0.3 is 0 Å². The average Bonchev–Trinajstić information content (AvgIpc) is 3.08. The van der Waals surface area contributed by atoms with Gasteiger partial charge in [0.1, 0.15) is 12.4 Å². The summed E-state index contributed by atoms with van der Waals surface area (Å²) >= 11 is 1.81. The van der Waals surface area contributed by atoms with E-state index in [1.54, 1.807) is 0 Å². The summed E-state index contributed by atoms with van der Waals surface area (Å²) in [7, 11) is 0. The van der Waals surface area contributed by atoms with Gasteiger partial charge in [-0.2, -0.15) is 0 Å². The molecule has 1 aliphatic carbocycles. The van der Waals surface area contributed by atoms with Crippen LogP contribution in [0.1, 0.15) is 60.5 Å². The second-order valence-electron chi connectivity index (χ2n) is 9.06. The third-order valence-electron chi connectivity index (χ3n) is 6.73. The lowest BCUT2D eigenvalue weighted by Gasteiger charge is -2.33. The van der Waals surface area contributed by atoms with Crippen LogP contribution in [0.2, 0.25) is 0 Å². The summed E-state index contributed by atoms with van der Waals surface area (Å²) in [6, 6.07) is 21.2. The molecule has 0 aliphatic heterocycles. The van der Waals surface area contributed by atoms with Crippen molar-refractivity contribution in [1.29, 1.82) is 0 Å². The van der Waals surface area contributed by atoms with Crippen LogP contribution in [0.3, 0.4) is 0 Å². The summed E-state index contributed by atoms with van der Waals surface area (Å²) in [4.78, 5) is 9.52. The molecular formula is C28H30N2OS. The van der Waals surface area contributed by atoms with E-state index in [9.17, 15) is 0 Å². The summed E-state index contributed by atoms with van der Waals surface area (Å²) in [5.74, 6) is 0.901. The molecule has 0 unspecified atom stereocenters. The summed E-state index contributed by atoms with van der Waals surface area (Å²) < 4.78 is 6.09. The van der Waals surface area contributed by atoms with E-state index in [-0.39, 0.29) is 5.41 Å². The van der Waals surface area contributed by atoms with Crippen molar-refractivity contribution in [3.63, 3.8) is 0 Å². The Morgan fingerprint density at radius 3 is 2.41 bits per heavy atom. The number of aromatic nitrogens is 2. The second kappa shape index (κ2) is 9.41. The van der Waals surface area contributed by atoms with Crippen LogP contribution in [0.5, 0.6) is 5.75 Å². The fraction of sp³-hybridized carbons (Fsp3) is 0.357. The third-order valence-corrected chi connectivity index (χ3v) is 7.69. The lowest BCUT2D eigenvalue weighted by Crippen LogP contribution is -2.28. The molecule has 4 heteroatoms. The Bertz CT molecular complexity index is 1170. The van der Waals surface area contributed by atoms with Gasteiger partial charge in [-0.1, -0.05) is 62.1 Å². The Hall–Kier alpha value is -2.72. The zero-order valence-corrected chi connectivity index (χ0v) is 19.5. The molecule has 164 valence electrons. The lowest BCUT2D eigenvalue weighted by atomic mass is 9.72. The number of fused-ring (bicyclic) bond motifs is 1. The van der Waals surface area contributed by atoms with Crippen molar-refractivity contribution < 1.29 is 4.74 Å². The Kier molecular flexibility index (Phi) is 6.22. The highest BCUT2D eigenvalue weighted by Gasteiger charge is 2.34. The van der Waals surface area contributed by atoms with Crippen molar-refractivity contribution >= 4 is 22.2 Å². The van der Waals surface area contributed by atoms with Crippen molar-refractivity contribution in [2.45, 2.75) is 63.9 Å². The molecule has 5 rings (SSSR count). The van der Waals surface area contributed by atoms with Crippen molar-refractivity contribution in [3.8, 4) is 5.75 Å². The van der Waals surface area contributed by atoms with Gasteiger partial charge in [-0.3, -0.25) is 0 Å². The summed E-state index contributed by atoms with van der Waals surface area (Å²) in [5.41, 5.74) is 4.73. The molecular weight excluding hydrogens is 412 g/mol. The maximum Gasteiger partial charge on any atom is 0.130 e. The maximum atomic E-state index is 6.09. The van der Waals surface area contributed by atoms with Crippen LogP contribution in [-0.4, -0.2) is 9.97 Å². The summed E-state index contributed by atoms with van der Waals surface area (Å²) in [5, 5.41) is 4.61. The SMILES string of the molecule is Cc1csc(CC2(c3ccc(OCc4ccc5ccccc5n4)cc3)CCCCCC2)n1. The summed E-state index contributed by atoms with van der Waals surface area (Å²) in [6.45, 7) is 2.57. The van der Waals surface area contributed by atoms with Crippen molar-refractivity contribution in [3.05, 3.63) is 88.0 Å². The monoisotopic (exact) mass is 442 g/mol. The Labute approximate surface area is 194 Å². The fourth-order valence-corrected chi connectivity index (χ4v) is 5.91. The van der Waals surface area contributed by atoms with Gasteiger partial charge in [0, 0.05) is 28.3 Å². The maximum absolute atomic E-state index is 6.09. The first-order valence-corrected chi connectivity index (χ1v) is 12.6. The van der Waals surface area contributed by atoms with Crippen LogP contribution in [0.4, 0.5) is 0 Å². The highest BCUT2D eigenvalue weighted by Crippen LogP contribution is 2.42. The number of hydrogen-bond donors (Lipinski definition) is 0. The largest absolute Gasteiger partial charge is 0.487 e. The smallest absolute Gasteiger partial charge is 0.130 e. The van der Waals surface area contributed by atoms with Gasteiger partial charge in [0.05, 0.1) is 16.2 Å². The van der Waals surface area contributed by atoms with Crippen LogP contribution in [-0.2, 0) is 18.4 Å². The minimum atomic E-state index is 0.194. The first-order valence-electron chi connectivity index (χ1n) is 11.7. The quantitative estimate of drug-likeness (QED) is 0.292. The first-order chi connectivity index (χ1) is 15.7.